The molecule has 0 unspecified atom stereocenters. The van der Waals surface area contributed by atoms with Crippen molar-refractivity contribution < 1.29 is 13.3 Å². The highest BCUT2D eigenvalue weighted by molar-refractivity contribution is 7.89. The fraction of sp³-hybridized carbons (Fsp3) is 0.278. The van der Waals surface area contributed by atoms with E-state index in [1.54, 1.807) is 0 Å². The average molecular weight is 401 g/mol. The number of hydrogen-bond donors (Lipinski definition) is 0. The maximum atomic E-state index is 12.8. The lowest BCUT2D eigenvalue weighted by Gasteiger charge is -2.33. The number of piperazine rings is 1. The van der Waals surface area contributed by atoms with Crippen LogP contribution in [-0.2, 0) is 16.6 Å². The van der Waals surface area contributed by atoms with Crippen LogP contribution in [0.1, 0.15) is 5.69 Å². The van der Waals surface area contributed by atoms with Crippen LogP contribution in [0.5, 0.6) is 0 Å². The van der Waals surface area contributed by atoms with Crippen molar-refractivity contribution in [2.75, 3.05) is 26.2 Å². The summed E-state index contributed by atoms with van der Waals surface area (Å²) in [6, 6.07) is 12.9. The summed E-state index contributed by atoms with van der Waals surface area (Å²) < 4.78 is 28.8. The number of non-ortho nitro benzene ring substituents is 1. The highest BCUT2D eigenvalue weighted by Gasteiger charge is 2.29. The number of hydrogen-bond acceptors (Lipinski definition) is 6. The third-order valence-electron chi connectivity index (χ3n) is 4.82. The highest BCUT2D eigenvalue weighted by atomic mass is 32.2. The van der Waals surface area contributed by atoms with Crippen LogP contribution in [0.3, 0.4) is 0 Å². The molecule has 0 amide bonds. The Bertz CT molecular complexity index is 1070. The van der Waals surface area contributed by atoms with Gasteiger partial charge in [-0.1, -0.05) is 6.07 Å². The lowest BCUT2D eigenvalue weighted by Crippen LogP contribution is -2.48. The minimum absolute atomic E-state index is 0.0758. The number of pyridine rings is 1. The van der Waals surface area contributed by atoms with Gasteiger partial charge in [0.2, 0.25) is 10.0 Å². The van der Waals surface area contributed by atoms with Crippen molar-refractivity contribution in [2.45, 2.75) is 11.4 Å². The van der Waals surface area contributed by atoms with Gasteiger partial charge in [-0.15, -0.1) is 0 Å². The highest BCUT2D eigenvalue weighted by Crippen LogP contribution is 2.21. The zero-order valence-corrected chi connectivity index (χ0v) is 15.8. The first kappa shape index (κ1) is 18.5. The van der Waals surface area contributed by atoms with Gasteiger partial charge in [0, 0.05) is 51.1 Å². The molecule has 4 rings (SSSR count). The quantitative estimate of drug-likeness (QED) is 0.477. The van der Waals surface area contributed by atoms with E-state index in [4.69, 9.17) is 0 Å². The first-order chi connectivity index (χ1) is 13.4. The monoisotopic (exact) mass is 401 g/mol. The summed E-state index contributed by atoms with van der Waals surface area (Å²) in [5.74, 6) is 0. The Morgan fingerprint density at radius 1 is 1.04 bits per heavy atom. The molecule has 0 spiro atoms. The van der Waals surface area contributed by atoms with E-state index < -0.39 is 14.9 Å². The summed E-state index contributed by atoms with van der Waals surface area (Å²) in [6.45, 7) is 2.59. The van der Waals surface area contributed by atoms with Crippen LogP contribution < -0.4 is 0 Å². The molecule has 1 aliphatic heterocycles. The van der Waals surface area contributed by atoms with Crippen LogP contribution in [0.4, 0.5) is 5.69 Å². The Balaban J connectivity index is 1.40. The Morgan fingerprint density at radius 3 is 2.39 bits per heavy atom. The summed E-state index contributed by atoms with van der Waals surface area (Å²) in [4.78, 5) is 12.4. The predicted molar refractivity (Wildman–Crippen MR) is 102 cm³/mol. The van der Waals surface area contributed by atoms with E-state index >= 15 is 0 Å². The molecule has 0 N–H and O–H groups in total. The van der Waals surface area contributed by atoms with Crippen LogP contribution >= 0.6 is 0 Å². The van der Waals surface area contributed by atoms with E-state index in [1.165, 1.54) is 28.6 Å². The van der Waals surface area contributed by atoms with Crippen molar-refractivity contribution in [3.63, 3.8) is 0 Å². The van der Waals surface area contributed by atoms with Crippen LogP contribution in [0.25, 0.3) is 5.52 Å². The summed E-state index contributed by atoms with van der Waals surface area (Å²) in [7, 11) is -3.66. The maximum absolute atomic E-state index is 12.8. The van der Waals surface area contributed by atoms with Gasteiger partial charge in [0.15, 0.2) is 0 Å². The van der Waals surface area contributed by atoms with Crippen molar-refractivity contribution in [2.24, 2.45) is 0 Å². The van der Waals surface area contributed by atoms with E-state index in [-0.39, 0.29) is 10.6 Å². The number of fused-ring (bicyclic) bond motifs is 1. The largest absolute Gasteiger partial charge is 0.295 e. The Hall–Kier alpha value is -2.82. The minimum Gasteiger partial charge on any atom is -0.295 e. The molecule has 1 aromatic carbocycles. The van der Waals surface area contributed by atoms with Crippen LogP contribution in [-0.4, -0.2) is 58.3 Å². The second-order valence-corrected chi connectivity index (χ2v) is 8.57. The summed E-state index contributed by atoms with van der Waals surface area (Å²) >= 11 is 0. The standard InChI is InChI=1S/C18H19N5O4S/c24-23(25)16-4-6-18(7-5-16)28(26,27)21-11-9-20(10-12-21)14-15-13-17-3-1-2-8-22(17)19-15/h1-8,13H,9-12,14H2. The fourth-order valence-electron chi connectivity index (χ4n) is 3.31. The number of aromatic nitrogens is 2. The molecular weight excluding hydrogens is 382 g/mol. The Morgan fingerprint density at radius 2 is 1.75 bits per heavy atom. The second-order valence-electron chi connectivity index (χ2n) is 6.64. The zero-order chi connectivity index (χ0) is 19.7. The number of nitro benzene ring substituents is 1. The molecule has 0 atom stereocenters. The van der Waals surface area contributed by atoms with Crippen LogP contribution in [0.15, 0.2) is 59.6 Å². The maximum Gasteiger partial charge on any atom is 0.269 e. The molecule has 1 saturated heterocycles. The molecule has 28 heavy (non-hydrogen) atoms. The van der Waals surface area contributed by atoms with E-state index in [1.807, 2.05) is 35.0 Å². The van der Waals surface area contributed by atoms with E-state index in [2.05, 4.69) is 10.00 Å². The molecule has 2 aromatic heterocycles. The van der Waals surface area contributed by atoms with Crippen molar-refractivity contribution in [3.8, 4) is 0 Å². The van der Waals surface area contributed by atoms with Crippen molar-refractivity contribution in [1.82, 2.24) is 18.8 Å². The molecule has 3 aromatic rings. The third-order valence-corrected chi connectivity index (χ3v) is 6.74. The summed E-state index contributed by atoms with van der Waals surface area (Å²) in [5.41, 5.74) is 1.84. The van der Waals surface area contributed by atoms with Gasteiger partial charge < -0.3 is 0 Å². The van der Waals surface area contributed by atoms with E-state index in [9.17, 15) is 18.5 Å². The van der Waals surface area contributed by atoms with E-state index in [0.717, 1.165) is 11.2 Å². The number of sulfonamides is 1. The molecule has 3 heterocycles. The van der Waals surface area contributed by atoms with Gasteiger partial charge >= 0.3 is 0 Å². The summed E-state index contributed by atoms with van der Waals surface area (Å²) in [6.07, 6.45) is 1.90. The molecule has 1 aliphatic rings. The first-order valence-electron chi connectivity index (χ1n) is 8.84. The smallest absolute Gasteiger partial charge is 0.269 e. The van der Waals surface area contributed by atoms with Gasteiger partial charge in [-0.05, 0) is 30.3 Å². The molecule has 146 valence electrons. The number of rotatable bonds is 5. The lowest BCUT2D eigenvalue weighted by molar-refractivity contribution is -0.384. The third kappa shape index (κ3) is 3.61. The number of nitrogens with zero attached hydrogens (tertiary/aromatic N) is 5. The Kier molecular flexibility index (Phi) is 4.84. The van der Waals surface area contributed by atoms with Crippen molar-refractivity contribution >= 4 is 21.2 Å². The number of benzene rings is 1. The zero-order valence-electron chi connectivity index (χ0n) is 15.0. The van der Waals surface area contributed by atoms with Gasteiger partial charge in [-0.3, -0.25) is 15.0 Å². The predicted octanol–water partition coefficient (Wildman–Crippen LogP) is 1.75. The van der Waals surface area contributed by atoms with Gasteiger partial charge in [-0.2, -0.15) is 9.40 Å². The average Bonchev–Trinajstić information content (AvgIpc) is 3.10. The molecule has 0 aliphatic carbocycles. The molecule has 0 saturated carbocycles. The van der Waals surface area contributed by atoms with Gasteiger partial charge in [0.1, 0.15) is 0 Å². The van der Waals surface area contributed by atoms with Crippen LogP contribution in [0, 0.1) is 10.1 Å². The fourth-order valence-corrected chi connectivity index (χ4v) is 4.74. The molecular formula is C18H19N5O4S. The first-order valence-corrected chi connectivity index (χ1v) is 10.3. The Labute approximate surface area is 162 Å². The molecule has 0 radical (unpaired) electrons. The topological polar surface area (TPSA) is 101 Å². The molecule has 10 heteroatoms. The van der Waals surface area contributed by atoms with Crippen molar-refractivity contribution in [1.29, 1.82) is 0 Å². The summed E-state index contributed by atoms with van der Waals surface area (Å²) in [5, 5.41) is 15.3. The molecule has 9 nitrogen and oxygen atoms in total. The van der Waals surface area contributed by atoms with Gasteiger partial charge in [0.05, 0.1) is 21.0 Å². The molecule has 0 bridgehead atoms. The van der Waals surface area contributed by atoms with Crippen molar-refractivity contribution in [3.05, 3.63) is 70.5 Å². The number of nitro groups is 1. The minimum atomic E-state index is -3.66. The van der Waals surface area contributed by atoms with Gasteiger partial charge in [0.25, 0.3) is 5.69 Å². The normalized spacial score (nSPS) is 16.4. The SMILES string of the molecule is O=[N+]([O-])c1ccc(S(=O)(=O)N2CCN(Cc3cc4ccccn4n3)CC2)cc1. The van der Waals surface area contributed by atoms with Crippen LogP contribution in [0.2, 0.25) is 0 Å². The molecule has 1 fully saturated rings. The van der Waals surface area contributed by atoms with E-state index in [0.29, 0.717) is 32.7 Å². The lowest BCUT2D eigenvalue weighted by atomic mass is 10.3. The van der Waals surface area contributed by atoms with Gasteiger partial charge in [-0.25, -0.2) is 12.9 Å². The second kappa shape index (κ2) is 7.30.